The molecule has 0 aliphatic heterocycles. The van der Waals surface area contributed by atoms with Crippen molar-refractivity contribution in [2.45, 2.75) is 105 Å². The van der Waals surface area contributed by atoms with Crippen molar-refractivity contribution >= 4 is 33.0 Å². The fourth-order valence-corrected chi connectivity index (χ4v) is 10.2. The maximum atomic E-state index is 12.7. The number of hydrogen-bond donors (Lipinski definition) is 1. The van der Waals surface area contributed by atoms with Gasteiger partial charge in [-0.05, 0) is 110 Å². The van der Waals surface area contributed by atoms with Crippen molar-refractivity contribution in [2.24, 2.45) is 0 Å². The summed E-state index contributed by atoms with van der Waals surface area (Å²) in [5.74, 6) is 1.53. The van der Waals surface area contributed by atoms with Gasteiger partial charge in [0, 0.05) is 44.6 Å². The van der Waals surface area contributed by atoms with Crippen LogP contribution < -0.4 is 0 Å². The van der Waals surface area contributed by atoms with Crippen molar-refractivity contribution in [1.82, 2.24) is 24.7 Å². The van der Waals surface area contributed by atoms with Gasteiger partial charge >= 0.3 is 0 Å². The number of aromatic nitrogens is 5. The Hall–Kier alpha value is -8.61. The fourth-order valence-electron chi connectivity index (χ4n) is 10.2. The van der Waals surface area contributed by atoms with Crippen LogP contribution in [0.25, 0.3) is 106 Å². The van der Waals surface area contributed by atoms with Crippen molar-refractivity contribution in [1.29, 1.82) is 5.26 Å². The first kappa shape index (κ1) is 49.6. The molecule has 0 spiro atoms. The number of benzene rings is 7. The fraction of sp³-hybridized carbons (Fsp3) is 0.239. The smallest absolute Gasteiger partial charge is 0.249 e. The van der Waals surface area contributed by atoms with Gasteiger partial charge in [-0.2, -0.15) is 5.26 Å². The monoisotopic (exact) mass is 998 g/mol. The summed E-state index contributed by atoms with van der Waals surface area (Å²) in [6.07, 6.45) is 1.83. The normalized spacial score (nSPS) is 12.5. The molecule has 0 atom stereocenters. The van der Waals surface area contributed by atoms with Crippen LogP contribution in [0.3, 0.4) is 0 Å². The SMILES string of the molecule is CC(C)(C)c1ccc(-n2c(-c3cc(C(C)(C)C)cc(C(C)(C)C)c3O)nc3c(-c4cc(-c5cc(-c6ccccc6)ccn5)c5oc6c(C#N)c(-c7nnc(C(C)(C)C)o7)ccc6c5c4)cccc32)c(-c2ccccc2)c1. The number of aromatic hydroxyl groups is 1. The molecule has 0 saturated carbocycles. The summed E-state index contributed by atoms with van der Waals surface area (Å²) >= 11 is 0. The number of para-hydroxylation sites is 1. The minimum atomic E-state index is -0.388. The molecule has 1 N–H and O–H groups in total. The van der Waals surface area contributed by atoms with E-state index in [4.69, 9.17) is 18.8 Å². The first-order valence-corrected chi connectivity index (χ1v) is 26.0. The minimum absolute atomic E-state index is 0.128. The first-order valence-electron chi connectivity index (χ1n) is 26.0. The number of rotatable bonds is 7. The third-order valence-corrected chi connectivity index (χ3v) is 14.5. The molecule has 9 nitrogen and oxygen atoms in total. The van der Waals surface area contributed by atoms with Crippen LogP contribution in [0.5, 0.6) is 5.75 Å². The van der Waals surface area contributed by atoms with Gasteiger partial charge in [-0.25, -0.2) is 4.98 Å². The summed E-state index contributed by atoms with van der Waals surface area (Å²) in [5.41, 5.74) is 14.3. The maximum absolute atomic E-state index is 12.7. The number of phenols is 1. The molecular weight excluding hydrogens is 937 g/mol. The van der Waals surface area contributed by atoms with E-state index in [1.807, 2.05) is 69.4 Å². The van der Waals surface area contributed by atoms with E-state index in [1.54, 1.807) is 0 Å². The Morgan fingerprint density at radius 3 is 1.87 bits per heavy atom. The second-order valence-electron chi connectivity index (χ2n) is 24.1. The Morgan fingerprint density at radius 1 is 0.513 bits per heavy atom. The van der Waals surface area contributed by atoms with Gasteiger partial charge in [0.15, 0.2) is 5.58 Å². The van der Waals surface area contributed by atoms with Crippen LogP contribution >= 0.6 is 0 Å². The molecule has 11 rings (SSSR count). The van der Waals surface area contributed by atoms with E-state index in [0.717, 1.165) is 77.6 Å². The second-order valence-corrected chi connectivity index (χ2v) is 24.1. The lowest BCUT2D eigenvalue weighted by Gasteiger charge is -2.28. The molecule has 0 aliphatic carbocycles. The van der Waals surface area contributed by atoms with E-state index in [0.29, 0.717) is 45.3 Å². The molecule has 0 bridgehead atoms. The Kier molecular flexibility index (Phi) is 11.8. The van der Waals surface area contributed by atoms with Gasteiger partial charge in [-0.1, -0.05) is 168 Å². The Bertz CT molecular complexity index is 4110. The second kappa shape index (κ2) is 18.1. The lowest BCUT2D eigenvalue weighted by Crippen LogP contribution is -2.17. The highest BCUT2D eigenvalue weighted by Gasteiger charge is 2.31. The number of imidazole rings is 1. The van der Waals surface area contributed by atoms with Gasteiger partial charge in [-0.15, -0.1) is 10.2 Å². The molecule has 378 valence electrons. The van der Waals surface area contributed by atoms with Crippen molar-refractivity contribution in [3.8, 4) is 85.0 Å². The predicted molar refractivity (Wildman–Crippen MR) is 308 cm³/mol. The van der Waals surface area contributed by atoms with Crippen LogP contribution in [0.1, 0.15) is 111 Å². The molecule has 0 radical (unpaired) electrons. The van der Waals surface area contributed by atoms with Crippen molar-refractivity contribution in [2.75, 3.05) is 0 Å². The van der Waals surface area contributed by atoms with Crippen LogP contribution in [0, 0.1) is 11.3 Å². The number of phenolic OH excluding ortho intramolecular Hbond substituents is 1. The molecule has 9 heteroatoms. The predicted octanol–water partition coefficient (Wildman–Crippen LogP) is 17.5. The van der Waals surface area contributed by atoms with Crippen LogP contribution in [-0.2, 0) is 21.7 Å². The molecule has 4 heterocycles. The Balaban J connectivity index is 1.24. The zero-order valence-electron chi connectivity index (χ0n) is 45.4. The van der Waals surface area contributed by atoms with Crippen molar-refractivity contribution in [3.63, 3.8) is 0 Å². The number of pyridine rings is 1. The Labute approximate surface area is 444 Å². The van der Waals surface area contributed by atoms with E-state index < -0.39 is 0 Å². The molecule has 0 saturated heterocycles. The zero-order chi connectivity index (χ0) is 53.6. The maximum Gasteiger partial charge on any atom is 0.249 e. The largest absolute Gasteiger partial charge is 0.507 e. The quantitative estimate of drug-likeness (QED) is 0.167. The molecule has 7 aromatic carbocycles. The molecule has 11 aromatic rings. The highest BCUT2D eigenvalue weighted by Crippen LogP contribution is 2.48. The summed E-state index contributed by atoms with van der Waals surface area (Å²) in [6, 6.07) is 52.7. The zero-order valence-corrected chi connectivity index (χ0v) is 45.4. The standard InChI is InChI=1S/C67H62N6O3/c1-64(2,3)43-26-29-55(48(35-43)40-22-17-14-18-23-40)73-56-25-19-24-45(57(56)70-61(73)51-36-44(65(4,5)6)37-53(58(51)74)66(7,8)9)42-32-49-46-27-28-47(62-71-72-63(76-62)67(10,11)12)52(38-68)59(46)75-60(49)50(33-42)54-34-41(30-31-69-54)39-20-15-13-16-21-39/h13-37,74H,1-12H3. The van der Waals surface area contributed by atoms with E-state index >= 15 is 0 Å². The number of nitrogens with zero attached hydrogens (tertiary/aromatic N) is 6. The van der Waals surface area contributed by atoms with Gasteiger partial charge in [-0.3, -0.25) is 9.55 Å². The van der Waals surface area contributed by atoms with E-state index in [9.17, 15) is 10.4 Å². The summed E-state index contributed by atoms with van der Waals surface area (Å²) in [4.78, 5) is 10.7. The Morgan fingerprint density at radius 2 is 1.21 bits per heavy atom. The van der Waals surface area contributed by atoms with Gasteiger partial charge in [0.2, 0.25) is 11.8 Å². The van der Waals surface area contributed by atoms with Crippen LogP contribution in [-0.4, -0.2) is 29.8 Å². The van der Waals surface area contributed by atoms with Gasteiger partial charge in [0.05, 0.1) is 33.5 Å². The summed E-state index contributed by atoms with van der Waals surface area (Å²) in [6.45, 7) is 25.8. The average molecular weight is 999 g/mol. The summed E-state index contributed by atoms with van der Waals surface area (Å²) in [5, 5.41) is 33.9. The molecule has 0 amide bonds. The van der Waals surface area contributed by atoms with E-state index in [2.05, 4.69) is 186 Å². The van der Waals surface area contributed by atoms with E-state index in [1.165, 1.54) is 5.56 Å². The molecule has 0 unspecified atom stereocenters. The summed E-state index contributed by atoms with van der Waals surface area (Å²) in [7, 11) is 0. The van der Waals surface area contributed by atoms with Crippen LogP contribution in [0.2, 0.25) is 0 Å². The highest BCUT2D eigenvalue weighted by atomic mass is 16.4. The molecule has 76 heavy (non-hydrogen) atoms. The lowest BCUT2D eigenvalue weighted by molar-refractivity contribution is 0.399. The number of fused-ring (bicyclic) bond motifs is 4. The van der Waals surface area contributed by atoms with Gasteiger partial charge in [0.1, 0.15) is 28.8 Å². The molecule has 0 aliphatic rings. The van der Waals surface area contributed by atoms with Crippen LogP contribution in [0.4, 0.5) is 0 Å². The van der Waals surface area contributed by atoms with Gasteiger partial charge in [0.25, 0.3) is 0 Å². The lowest BCUT2D eigenvalue weighted by atomic mass is 9.79. The minimum Gasteiger partial charge on any atom is -0.507 e. The number of nitriles is 1. The third-order valence-electron chi connectivity index (χ3n) is 14.5. The van der Waals surface area contributed by atoms with Crippen molar-refractivity contribution < 1.29 is 13.9 Å². The molecule has 4 aromatic heterocycles. The van der Waals surface area contributed by atoms with E-state index in [-0.39, 0.29) is 33.3 Å². The first-order chi connectivity index (χ1) is 36.1. The third kappa shape index (κ3) is 8.71. The number of furan rings is 1. The van der Waals surface area contributed by atoms with Gasteiger partial charge < -0.3 is 13.9 Å². The highest BCUT2D eigenvalue weighted by molar-refractivity contribution is 6.14. The topological polar surface area (TPSA) is 127 Å². The molecule has 0 fully saturated rings. The van der Waals surface area contributed by atoms with Crippen molar-refractivity contribution in [3.05, 3.63) is 180 Å². The average Bonchev–Trinajstić information content (AvgIpc) is 4.19. The molecular formula is C67H62N6O3. The number of hydrogen-bond acceptors (Lipinski definition) is 8. The van der Waals surface area contributed by atoms with Crippen LogP contribution in [0.15, 0.2) is 161 Å². The summed E-state index contributed by atoms with van der Waals surface area (Å²) < 4.78 is 15.4.